The molecule has 0 bridgehead atoms. The molecule has 7 nitrogen and oxygen atoms in total. The highest BCUT2D eigenvalue weighted by Gasteiger charge is 2.36. The fraction of sp³-hybridized carbons (Fsp3) is 0.286. The van der Waals surface area contributed by atoms with Crippen molar-refractivity contribution in [1.82, 2.24) is 4.90 Å². The average Bonchev–Trinajstić information content (AvgIpc) is 3.11. The van der Waals surface area contributed by atoms with Gasteiger partial charge in [-0.3, -0.25) is 14.4 Å². The van der Waals surface area contributed by atoms with E-state index in [-0.39, 0.29) is 30.0 Å². The van der Waals surface area contributed by atoms with Gasteiger partial charge in [0, 0.05) is 42.7 Å². The van der Waals surface area contributed by atoms with Crippen molar-refractivity contribution in [3.05, 3.63) is 47.5 Å². The van der Waals surface area contributed by atoms with E-state index in [0.717, 1.165) is 16.7 Å². The van der Waals surface area contributed by atoms with E-state index in [1.807, 2.05) is 0 Å². The van der Waals surface area contributed by atoms with Gasteiger partial charge in [0.25, 0.3) is 5.24 Å². The first-order valence-electron chi connectivity index (χ1n) is 9.22. The molecule has 0 aliphatic carbocycles. The van der Waals surface area contributed by atoms with Crippen molar-refractivity contribution >= 4 is 51.8 Å². The number of nitrogens with one attached hydrogen (secondary N) is 1. The van der Waals surface area contributed by atoms with E-state index >= 15 is 0 Å². The van der Waals surface area contributed by atoms with Gasteiger partial charge in [-0.2, -0.15) is 0 Å². The van der Waals surface area contributed by atoms with Crippen LogP contribution in [0.4, 0.5) is 16.2 Å². The summed E-state index contributed by atoms with van der Waals surface area (Å²) in [6.07, 6.45) is 0.104. The fourth-order valence-electron chi connectivity index (χ4n) is 3.03. The summed E-state index contributed by atoms with van der Waals surface area (Å²) in [5.41, 5.74) is 1.16. The van der Waals surface area contributed by atoms with Crippen LogP contribution in [0.15, 0.2) is 47.4 Å². The maximum absolute atomic E-state index is 12.7. The number of nitrogens with zero attached hydrogens (tertiary/aromatic N) is 2. The summed E-state index contributed by atoms with van der Waals surface area (Å²) < 4.78 is 5.32. The van der Waals surface area contributed by atoms with Crippen molar-refractivity contribution in [2.45, 2.75) is 11.3 Å². The van der Waals surface area contributed by atoms with Crippen LogP contribution in [-0.2, 0) is 9.59 Å². The highest BCUT2D eigenvalue weighted by Crippen LogP contribution is 2.35. The normalized spacial score (nSPS) is 15.8. The molecule has 1 aliphatic rings. The molecule has 1 fully saturated rings. The summed E-state index contributed by atoms with van der Waals surface area (Å²) in [5, 5.41) is 3.25. The molecule has 1 saturated heterocycles. The topological polar surface area (TPSA) is 79.0 Å². The zero-order chi connectivity index (χ0) is 21.8. The van der Waals surface area contributed by atoms with Gasteiger partial charge in [-0.15, -0.1) is 0 Å². The Kier molecular flexibility index (Phi) is 6.89. The second-order valence-electron chi connectivity index (χ2n) is 7.00. The Morgan fingerprint density at radius 1 is 1.20 bits per heavy atom. The number of methoxy groups -OCH3 is 1. The molecule has 30 heavy (non-hydrogen) atoms. The summed E-state index contributed by atoms with van der Waals surface area (Å²) >= 11 is 7.18. The third-order valence-electron chi connectivity index (χ3n) is 4.62. The number of carbonyl (C=O) groups excluding carboxylic acids is 3. The molecule has 0 radical (unpaired) electrons. The van der Waals surface area contributed by atoms with Crippen molar-refractivity contribution in [3.63, 3.8) is 0 Å². The van der Waals surface area contributed by atoms with Gasteiger partial charge in [-0.1, -0.05) is 11.6 Å². The molecule has 158 valence electrons. The van der Waals surface area contributed by atoms with Gasteiger partial charge in [0.15, 0.2) is 0 Å². The smallest absolute Gasteiger partial charge is 0.285 e. The van der Waals surface area contributed by atoms with Crippen molar-refractivity contribution in [2.75, 3.05) is 38.0 Å². The Hall–Kier alpha value is -2.71. The number of thioether (sulfide) groups is 1. The predicted molar refractivity (Wildman–Crippen MR) is 118 cm³/mol. The van der Waals surface area contributed by atoms with Crippen LogP contribution in [0.5, 0.6) is 5.75 Å². The summed E-state index contributed by atoms with van der Waals surface area (Å²) in [7, 11) is 4.90. The Morgan fingerprint density at radius 2 is 1.90 bits per heavy atom. The maximum atomic E-state index is 12.7. The highest BCUT2D eigenvalue weighted by atomic mass is 35.5. The van der Waals surface area contributed by atoms with Crippen molar-refractivity contribution in [1.29, 1.82) is 0 Å². The third-order valence-corrected chi connectivity index (χ3v) is 5.90. The Morgan fingerprint density at radius 3 is 2.53 bits per heavy atom. The minimum Gasteiger partial charge on any atom is -0.495 e. The van der Waals surface area contributed by atoms with Crippen LogP contribution in [0.3, 0.4) is 0 Å². The lowest BCUT2D eigenvalue weighted by Gasteiger charge is -2.20. The molecule has 0 saturated carbocycles. The lowest BCUT2D eigenvalue weighted by atomic mass is 10.1. The van der Waals surface area contributed by atoms with Gasteiger partial charge in [0.05, 0.1) is 18.7 Å². The number of ether oxygens (including phenoxy) is 1. The first kappa shape index (κ1) is 22.0. The summed E-state index contributed by atoms with van der Waals surface area (Å²) in [6, 6.07) is 12.0. The fourth-order valence-corrected chi connectivity index (χ4v) is 3.86. The summed E-state index contributed by atoms with van der Waals surface area (Å²) in [4.78, 5) is 40.8. The number of benzene rings is 2. The molecular weight excluding hydrogens is 426 g/mol. The molecule has 1 aliphatic heterocycles. The minimum absolute atomic E-state index is 0.0761. The van der Waals surface area contributed by atoms with E-state index in [0.29, 0.717) is 22.1 Å². The van der Waals surface area contributed by atoms with Crippen LogP contribution < -0.4 is 15.0 Å². The number of hydrogen-bond acceptors (Lipinski definition) is 5. The molecule has 0 aromatic heterocycles. The Bertz CT molecular complexity index is 965. The van der Waals surface area contributed by atoms with Gasteiger partial charge in [0.2, 0.25) is 11.8 Å². The Labute approximate surface area is 184 Å². The van der Waals surface area contributed by atoms with Crippen LogP contribution in [0, 0.1) is 5.92 Å². The molecule has 0 spiro atoms. The lowest BCUT2D eigenvalue weighted by molar-refractivity contribution is -0.122. The van der Waals surface area contributed by atoms with Crippen LogP contribution in [0.1, 0.15) is 6.42 Å². The number of amides is 3. The van der Waals surface area contributed by atoms with Gasteiger partial charge in [-0.05, 0) is 54.2 Å². The van der Waals surface area contributed by atoms with Crippen LogP contribution in [0.2, 0.25) is 5.02 Å². The van der Waals surface area contributed by atoms with E-state index in [9.17, 15) is 14.4 Å². The van der Waals surface area contributed by atoms with E-state index in [1.54, 1.807) is 56.6 Å². The van der Waals surface area contributed by atoms with Crippen molar-refractivity contribution in [3.8, 4) is 5.75 Å². The first-order valence-corrected chi connectivity index (χ1v) is 10.4. The highest BCUT2D eigenvalue weighted by molar-refractivity contribution is 8.13. The maximum Gasteiger partial charge on any atom is 0.285 e. The zero-order valence-corrected chi connectivity index (χ0v) is 18.4. The van der Waals surface area contributed by atoms with Gasteiger partial charge in [-0.25, -0.2) is 0 Å². The van der Waals surface area contributed by atoms with E-state index in [4.69, 9.17) is 16.3 Å². The third kappa shape index (κ3) is 5.06. The number of anilines is 2. The SMILES string of the molecule is COc1ccc(Cl)cc1N1CC(C(=O)Nc2ccc(SC(=O)N(C)C)cc2)CC1=O. The van der Waals surface area contributed by atoms with Gasteiger partial charge >= 0.3 is 0 Å². The minimum atomic E-state index is -0.495. The predicted octanol–water partition coefficient (Wildman–Crippen LogP) is 4.11. The van der Waals surface area contributed by atoms with E-state index in [2.05, 4.69) is 5.32 Å². The molecule has 1 unspecified atom stereocenters. The molecule has 1 atom stereocenters. The van der Waals surface area contributed by atoms with E-state index in [1.165, 1.54) is 16.9 Å². The van der Waals surface area contributed by atoms with Crippen LogP contribution in [-0.4, -0.2) is 49.7 Å². The molecule has 2 aromatic rings. The molecule has 3 rings (SSSR count). The molecule has 9 heteroatoms. The summed E-state index contributed by atoms with van der Waals surface area (Å²) in [5.74, 6) is -0.374. The number of carbonyl (C=O) groups is 3. The largest absolute Gasteiger partial charge is 0.495 e. The Balaban J connectivity index is 1.65. The standard InChI is InChI=1S/C21H22ClN3O4S/c1-24(2)21(28)30-16-7-5-15(6-8-16)23-20(27)13-10-19(26)25(12-13)17-11-14(22)4-9-18(17)29-3/h4-9,11,13H,10,12H2,1-3H3,(H,23,27). The number of hydrogen-bond donors (Lipinski definition) is 1. The second-order valence-corrected chi connectivity index (χ2v) is 8.46. The molecule has 2 aromatic carbocycles. The van der Waals surface area contributed by atoms with Gasteiger partial charge in [0.1, 0.15) is 5.75 Å². The zero-order valence-electron chi connectivity index (χ0n) is 16.8. The first-order chi connectivity index (χ1) is 14.3. The van der Waals surface area contributed by atoms with Crippen molar-refractivity contribution < 1.29 is 19.1 Å². The van der Waals surface area contributed by atoms with Gasteiger partial charge < -0.3 is 19.9 Å². The molecule has 1 N–H and O–H groups in total. The monoisotopic (exact) mass is 447 g/mol. The van der Waals surface area contributed by atoms with Crippen LogP contribution >= 0.6 is 23.4 Å². The number of halogens is 1. The summed E-state index contributed by atoms with van der Waals surface area (Å²) in [6.45, 7) is 0.243. The molecular formula is C21H22ClN3O4S. The molecule has 1 heterocycles. The number of rotatable bonds is 5. The molecule has 3 amide bonds. The van der Waals surface area contributed by atoms with Crippen LogP contribution in [0.25, 0.3) is 0 Å². The van der Waals surface area contributed by atoms with E-state index < -0.39 is 5.92 Å². The van der Waals surface area contributed by atoms with Crippen molar-refractivity contribution in [2.24, 2.45) is 5.92 Å². The quantitative estimate of drug-likeness (QED) is 0.697. The second kappa shape index (κ2) is 9.40. The lowest BCUT2D eigenvalue weighted by Crippen LogP contribution is -2.28. The average molecular weight is 448 g/mol.